The number of nitrogens with zero attached hydrogens (tertiary/aromatic N) is 2. The van der Waals surface area contributed by atoms with Gasteiger partial charge in [-0.3, -0.25) is 9.48 Å². The lowest BCUT2D eigenvalue weighted by Crippen LogP contribution is -2.27. The molecule has 0 bridgehead atoms. The van der Waals surface area contributed by atoms with Gasteiger partial charge in [-0.25, -0.2) is 0 Å². The molecule has 0 radical (unpaired) electrons. The Bertz CT molecular complexity index is 425. The summed E-state index contributed by atoms with van der Waals surface area (Å²) in [5.74, 6) is -0.290. The Morgan fingerprint density at radius 2 is 2.31 bits per heavy atom. The largest absolute Gasteiger partial charge is 0.395 e. The Labute approximate surface area is 99.3 Å². The molecule has 0 saturated heterocycles. The SMILES string of the molecule is C=C(Cl)CNC(=O)c1c(N)c(C)nn1CC. The van der Waals surface area contributed by atoms with Crippen molar-refractivity contribution in [1.29, 1.82) is 0 Å². The molecule has 88 valence electrons. The van der Waals surface area contributed by atoms with Gasteiger partial charge in [-0.05, 0) is 13.8 Å². The fourth-order valence-electron chi connectivity index (χ4n) is 1.32. The number of rotatable bonds is 4. The molecule has 0 saturated carbocycles. The average molecular weight is 243 g/mol. The van der Waals surface area contributed by atoms with Crippen molar-refractivity contribution in [1.82, 2.24) is 15.1 Å². The predicted molar refractivity (Wildman–Crippen MR) is 64.4 cm³/mol. The van der Waals surface area contributed by atoms with E-state index < -0.39 is 0 Å². The molecule has 0 aliphatic rings. The van der Waals surface area contributed by atoms with Crippen LogP contribution in [-0.2, 0) is 6.54 Å². The van der Waals surface area contributed by atoms with Crippen LogP contribution in [0.4, 0.5) is 5.69 Å². The van der Waals surface area contributed by atoms with Gasteiger partial charge in [0.05, 0.1) is 17.9 Å². The molecular weight excluding hydrogens is 228 g/mol. The van der Waals surface area contributed by atoms with E-state index in [1.165, 1.54) is 0 Å². The van der Waals surface area contributed by atoms with Crippen molar-refractivity contribution >= 4 is 23.2 Å². The van der Waals surface area contributed by atoms with E-state index in [9.17, 15) is 4.79 Å². The fraction of sp³-hybridized carbons (Fsp3) is 0.400. The molecule has 0 atom stereocenters. The number of nitrogens with one attached hydrogen (secondary N) is 1. The average Bonchev–Trinajstić information content (AvgIpc) is 2.51. The summed E-state index contributed by atoms with van der Waals surface area (Å²) >= 11 is 5.57. The minimum atomic E-state index is -0.290. The summed E-state index contributed by atoms with van der Waals surface area (Å²) in [6, 6.07) is 0. The van der Waals surface area contributed by atoms with Crippen LogP contribution in [0, 0.1) is 6.92 Å². The van der Waals surface area contributed by atoms with Crippen LogP contribution in [0.25, 0.3) is 0 Å². The third-order valence-electron chi connectivity index (χ3n) is 2.13. The number of hydrogen-bond acceptors (Lipinski definition) is 3. The molecule has 0 aliphatic carbocycles. The van der Waals surface area contributed by atoms with Gasteiger partial charge in [0, 0.05) is 11.6 Å². The van der Waals surface area contributed by atoms with E-state index in [2.05, 4.69) is 17.0 Å². The Morgan fingerprint density at radius 3 is 2.81 bits per heavy atom. The maximum atomic E-state index is 11.8. The third-order valence-corrected chi connectivity index (χ3v) is 2.26. The van der Waals surface area contributed by atoms with Gasteiger partial charge in [-0.2, -0.15) is 5.10 Å². The molecule has 0 unspecified atom stereocenters. The van der Waals surface area contributed by atoms with Crippen LogP contribution in [0.2, 0.25) is 0 Å². The highest BCUT2D eigenvalue weighted by atomic mass is 35.5. The van der Waals surface area contributed by atoms with Crippen molar-refractivity contribution in [2.45, 2.75) is 20.4 Å². The highest BCUT2D eigenvalue weighted by Gasteiger charge is 2.18. The first-order valence-corrected chi connectivity index (χ1v) is 5.29. The Kier molecular flexibility index (Phi) is 3.95. The van der Waals surface area contributed by atoms with Crippen LogP contribution in [0.5, 0.6) is 0 Å². The molecule has 0 aliphatic heterocycles. The van der Waals surface area contributed by atoms with Crippen molar-refractivity contribution in [3.05, 3.63) is 23.0 Å². The Hall–Kier alpha value is -1.49. The van der Waals surface area contributed by atoms with E-state index in [-0.39, 0.29) is 12.5 Å². The van der Waals surface area contributed by atoms with Crippen LogP contribution in [0.15, 0.2) is 11.6 Å². The van der Waals surface area contributed by atoms with Gasteiger partial charge in [-0.1, -0.05) is 18.2 Å². The summed E-state index contributed by atoms with van der Waals surface area (Å²) in [4.78, 5) is 11.8. The fourth-order valence-corrected chi connectivity index (χ4v) is 1.39. The second-order valence-corrected chi connectivity index (χ2v) is 3.90. The van der Waals surface area contributed by atoms with E-state index in [0.717, 1.165) is 0 Å². The third kappa shape index (κ3) is 2.55. The molecule has 1 rings (SSSR count). The number of halogens is 1. The van der Waals surface area contributed by atoms with E-state index in [1.807, 2.05) is 6.92 Å². The zero-order valence-electron chi connectivity index (χ0n) is 9.38. The molecule has 3 N–H and O–H groups in total. The number of anilines is 1. The van der Waals surface area contributed by atoms with E-state index >= 15 is 0 Å². The van der Waals surface area contributed by atoms with Crippen LogP contribution in [0.3, 0.4) is 0 Å². The van der Waals surface area contributed by atoms with Crippen molar-refractivity contribution in [2.75, 3.05) is 12.3 Å². The maximum Gasteiger partial charge on any atom is 0.272 e. The van der Waals surface area contributed by atoms with Crippen LogP contribution < -0.4 is 11.1 Å². The Balaban J connectivity index is 2.93. The molecule has 5 nitrogen and oxygen atoms in total. The number of nitrogens with two attached hydrogens (primary N) is 1. The first-order chi connectivity index (χ1) is 7.47. The smallest absolute Gasteiger partial charge is 0.272 e. The normalized spacial score (nSPS) is 10.2. The monoisotopic (exact) mass is 242 g/mol. The zero-order valence-corrected chi connectivity index (χ0v) is 10.1. The summed E-state index contributed by atoms with van der Waals surface area (Å²) in [5.41, 5.74) is 7.21. The molecule has 1 amide bonds. The number of hydrogen-bond donors (Lipinski definition) is 2. The maximum absolute atomic E-state index is 11.8. The molecule has 6 heteroatoms. The lowest BCUT2D eigenvalue weighted by molar-refractivity contribution is 0.0948. The number of carbonyl (C=O) groups excluding carboxylic acids is 1. The van der Waals surface area contributed by atoms with Crippen molar-refractivity contribution in [2.24, 2.45) is 0 Å². The molecule has 1 heterocycles. The molecule has 1 aromatic rings. The van der Waals surface area contributed by atoms with Gasteiger partial charge in [0.25, 0.3) is 5.91 Å². The quantitative estimate of drug-likeness (QED) is 0.835. The molecule has 0 aromatic carbocycles. The standard InChI is InChI=1S/C10H15ClN4O/c1-4-15-9(8(12)7(3)14-15)10(16)13-5-6(2)11/h2,4-5,12H2,1,3H3,(H,13,16). The van der Waals surface area contributed by atoms with Gasteiger partial charge in [0.2, 0.25) is 0 Å². The molecule has 16 heavy (non-hydrogen) atoms. The second kappa shape index (κ2) is 5.03. The van der Waals surface area contributed by atoms with Crippen molar-refractivity contribution < 1.29 is 4.79 Å². The first-order valence-electron chi connectivity index (χ1n) is 4.91. The minimum absolute atomic E-state index is 0.216. The Morgan fingerprint density at radius 1 is 1.69 bits per heavy atom. The van der Waals surface area contributed by atoms with Crippen molar-refractivity contribution in [3.8, 4) is 0 Å². The summed E-state index contributed by atoms with van der Waals surface area (Å²) in [5, 5.41) is 7.14. The summed E-state index contributed by atoms with van der Waals surface area (Å²) in [6.07, 6.45) is 0. The lowest BCUT2D eigenvalue weighted by Gasteiger charge is -2.06. The van der Waals surface area contributed by atoms with Gasteiger partial charge in [0.1, 0.15) is 5.69 Å². The second-order valence-electron chi connectivity index (χ2n) is 3.36. The summed E-state index contributed by atoms with van der Waals surface area (Å²) in [6.45, 7) is 7.94. The summed E-state index contributed by atoms with van der Waals surface area (Å²) < 4.78 is 1.57. The minimum Gasteiger partial charge on any atom is -0.395 e. The number of aromatic nitrogens is 2. The zero-order chi connectivity index (χ0) is 12.3. The van der Waals surface area contributed by atoms with E-state index in [4.69, 9.17) is 17.3 Å². The first kappa shape index (κ1) is 12.6. The van der Waals surface area contributed by atoms with Gasteiger partial charge in [0.15, 0.2) is 0 Å². The molecule has 1 aromatic heterocycles. The number of aryl methyl sites for hydroxylation is 2. The van der Waals surface area contributed by atoms with Gasteiger partial charge < -0.3 is 11.1 Å². The number of nitrogen functional groups attached to an aromatic ring is 1. The highest BCUT2D eigenvalue weighted by Crippen LogP contribution is 2.16. The van der Waals surface area contributed by atoms with Crippen LogP contribution in [0.1, 0.15) is 23.1 Å². The van der Waals surface area contributed by atoms with Crippen molar-refractivity contribution in [3.63, 3.8) is 0 Å². The van der Waals surface area contributed by atoms with Gasteiger partial charge in [-0.15, -0.1) is 0 Å². The van der Waals surface area contributed by atoms with Crippen LogP contribution >= 0.6 is 11.6 Å². The molecule has 0 spiro atoms. The lowest BCUT2D eigenvalue weighted by atomic mass is 10.3. The molecular formula is C10H15ClN4O. The number of amides is 1. The summed E-state index contributed by atoms with van der Waals surface area (Å²) in [7, 11) is 0. The topological polar surface area (TPSA) is 72.9 Å². The van der Waals surface area contributed by atoms with E-state index in [1.54, 1.807) is 11.6 Å². The molecule has 0 fully saturated rings. The highest BCUT2D eigenvalue weighted by molar-refractivity contribution is 6.29. The van der Waals surface area contributed by atoms with Crippen LogP contribution in [-0.4, -0.2) is 22.2 Å². The van der Waals surface area contributed by atoms with E-state index in [0.29, 0.717) is 28.7 Å². The van der Waals surface area contributed by atoms with Gasteiger partial charge >= 0.3 is 0 Å². The predicted octanol–water partition coefficient (Wildman–Crippen LogP) is 1.28. The number of carbonyl (C=O) groups is 1.